The number of hydrogen-bond donors (Lipinski definition) is 1. The van der Waals surface area contributed by atoms with Crippen LogP contribution in [0.3, 0.4) is 0 Å². The van der Waals surface area contributed by atoms with Gasteiger partial charge in [-0.05, 0) is 6.42 Å². The number of rotatable bonds is 5. The molecule has 0 aromatic carbocycles. The van der Waals surface area contributed by atoms with Gasteiger partial charge in [-0.1, -0.05) is 6.92 Å². The quantitative estimate of drug-likeness (QED) is 0.633. The Hall–Kier alpha value is -2.06. The third kappa shape index (κ3) is 2.55. The van der Waals surface area contributed by atoms with Gasteiger partial charge < -0.3 is 5.11 Å². The summed E-state index contributed by atoms with van der Waals surface area (Å²) in [5.74, 6) is -1.29. The Morgan fingerprint density at radius 2 is 2.29 bits per heavy atom. The second-order valence-electron chi connectivity index (χ2n) is 3.20. The lowest BCUT2D eigenvalue weighted by Crippen LogP contribution is -2.18. The molecule has 0 saturated heterocycles. The smallest absolute Gasteiger partial charge is 0.328 e. The van der Waals surface area contributed by atoms with Crippen LogP contribution in [0, 0.1) is 10.1 Å². The minimum absolute atomic E-state index is 0.0802. The molecule has 0 aliphatic carbocycles. The average Bonchev–Trinajstić information content (AvgIpc) is 2.63. The maximum absolute atomic E-state index is 12.4. The SMILES string of the molecule is CC[C@@H](C(=O)O)n1cc([N+](=O)[O-])c(C(F)F)n1. The van der Waals surface area contributed by atoms with Crippen LogP contribution in [0.25, 0.3) is 0 Å². The zero-order chi connectivity index (χ0) is 13.2. The molecular weight excluding hydrogens is 240 g/mol. The van der Waals surface area contributed by atoms with Crippen molar-refractivity contribution in [2.45, 2.75) is 25.8 Å². The summed E-state index contributed by atoms with van der Waals surface area (Å²) >= 11 is 0. The van der Waals surface area contributed by atoms with Crippen LogP contribution in [0.5, 0.6) is 0 Å². The van der Waals surface area contributed by atoms with Gasteiger partial charge in [-0.3, -0.25) is 14.8 Å². The summed E-state index contributed by atoms with van der Waals surface area (Å²) in [7, 11) is 0. The fraction of sp³-hybridized carbons (Fsp3) is 0.500. The van der Waals surface area contributed by atoms with Crippen LogP contribution in [0.2, 0.25) is 0 Å². The van der Waals surface area contributed by atoms with Gasteiger partial charge in [0.25, 0.3) is 6.43 Å². The standard InChI is InChI=1S/C8H9F2N3O4/c1-2-4(8(14)15)12-3-5(13(16)17)6(11-12)7(9)10/h3-4,7H,2H2,1H3,(H,14,15)/t4-/m0/s1. The van der Waals surface area contributed by atoms with Gasteiger partial charge in [0, 0.05) is 0 Å². The van der Waals surface area contributed by atoms with Crippen LogP contribution in [-0.4, -0.2) is 25.8 Å². The molecule has 1 aromatic heterocycles. The van der Waals surface area contributed by atoms with Crippen molar-refractivity contribution >= 4 is 11.7 Å². The van der Waals surface area contributed by atoms with Crippen LogP contribution < -0.4 is 0 Å². The van der Waals surface area contributed by atoms with E-state index < -0.39 is 34.7 Å². The van der Waals surface area contributed by atoms with Crippen molar-refractivity contribution in [3.8, 4) is 0 Å². The fourth-order valence-corrected chi connectivity index (χ4v) is 1.33. The lowest BCUT2D eigenvalue weighted by atomic mass is 10.2. The second kappa shape index (κ2) is 4.85. The molecule has 0 aliphatic rings. The number of nitrogens with zero attached hydrogens (tertiary/aromatic N) is 3. The summed E-state index contributed by atoms with van der Waals surface area (Å²) < 4.78 is 25.6. The molecule has 1 heterocycles. The highest BCUT2D eigenvalue weighted by molar-refractivity contribution is 5.71. The van der Waals surface area contributed by atoms with Crippen molar-refractivity contribution in [2.75, 3.05) is 0 Å². The Kier molecular flexibility index (Phi) is 3.71. The third-order valence-electron chi connectivity index (χ3n) is 2.13. The van der Waals surface area contributed by atoms with Crippen LogP contribution >= 0.6 is 0 Å². The van der Waals surface area contributed by atoms with Gasteiger partial charge >= 0.3 is 11.7 Å². The lowest BCUT2D eigenvalue weighted by Gasteiger charge is -2.08. The third-order valence-corrected chi connectivity index (χ3v) is 2.13. The molecule has 1 atom stereocenters. The molecule has 0 spiro atoms. The number of halogens is 2. The van der Waals surface area contributed by atoms with E-state index in [-0.39, 0.29) is 6.42 Å². The summed E-state index contributed by atoms with van der Waals surface area (Å²) in [6.45, 7) is 1.51. The van der Waals surface area contributed by atoms with Crippen molar-refractivity contribution in [2.24, 2.45) is 0 Å². The molecule has 17 heavy (non-hydrogen) atoms. The highest BCUT2D eigenvalue weighted by Gasteiger charge is 2.30. The minimum Gasteiger partial charge on any atom is -0.480 e. The van der Waals surface area contributed by atoms with E-state index in [9.17, 15) is 23.7 Å². The van der Waals surface area contributed by atoms with Gasteiger partial charge in [0.1, 0.15) is 12.2 Å². The Labute approximate surface area is 93.8 Å². The van der Waals surface area contributed by atoms with Gasteiger partial charge in [-0.2, -0.15) is 5.10 Å². The summed E-state index contributed by atoms with van der Waals surface area (Å²) in [6, 6.07) is -1.19. The largest absolute Gasteiger partial charge is 0.480 e. The van der Waals surface area contributed by atoms with E-state index in [0.29, 0.717) is 10.9 Å². The normalized spacial score (nSPS) is 12.7. The molecule has 0 radical (unpaired) electrons. The van der Waals surface area contributed by atoms with Crippen LogP contribution in [-0.2, 0) is 4.79 Å². The minimum atomic E-state index is -3.12. The molecule has 0 amide bonds. The van der Waals surface area contributed by atoms with E-state index in [4.69, 9.17) is 5.11 Å². The van der Waals surface area contributed by atoms with Crippen molar-refractivity contribution in [1.29, 1.82) is 0 Å². The molecule has 7 nitrogen and oxygen atoms in total. The molecule has 0 aliphatic heterocycles. The van der Waals surface area contributed by atoms with Crippen LogP contribution in [0.1, 0.15) is 31.5 Å². The van der Waals surface area contributed by atoms with E-state index in [1.165, 1.54) is 6.92 Å². The number of aliphatic carboxylic acids is 1. The Morgan fingerprint density at radius 3 is 2.59 bits per heavy atom. The van der Waals surface area contributed by atoms with E-state index in [2.05, 4.69) is 5.10 Å². The monoisotopic (exact) mass is 249 g/mol. The summed E-state index contributed by atoms with van der Waals surface area (Å²) in [6.07, 6.45) is -2.33. The lowest BCUT2D eigenvalue weighted by molar-refractivity contribution is -0.386. The Morgan fingerprint density at radius 1 is 1.71 bits per heavy atom. The van der Waals surface area contributed by atoms with Gasteiger partial charge in [0.15, 0.2) is 0 Å². The maximum Gasteiger partial charge on any atom is 0.328 e. The summed E-state index contributed by atoms with van der Waals surface area (Å²) in [5.41, 5.74) is -1.89. The van der Waals surface area contributed by atoms with Crippen molar-refractivity contribution in [3.05, 3.63) is 22.0 Å². The Bertz CT molecular complexity index is 446. The van der Waals surface area contributed by atoms with Crippen LogP contribution in [0.15, 0.2) is 6.20 Å². The summed E-state index contributed by atoms with van der Waals surface area (Å²) in [4.78, 5) is 20.3. The first kappa shape index (κ1) is 13.0. The van der Waals surface area contributed by atoms with Crippen molar-refractivity contribution < 1.29 is 23.6 Å². The summed E-state index contributed by atoms with van der Waals surface area (Å²) in [5, 5.41) is 22.5. The molecule has 1 rings (SSSR count). The zero-order valence-electron chi connectivity index (χ0n) is 8.71. The highest BCUT2D eigenvalue weighted by Crippen LogP contribution is 2.28. The van der Waals surface area contributed by atoms with Crippen molar-refractivity contribution in [1.82, 2.24) is 9.78 Å². The number of carboxylic acids is 1. The zero-order valence-corrected chi connectivity index (χ0v) is 8.71. The number of carboxylic acid groups (broad SMARTS) is 1. The molecule has 0 unspecified atom stereocenters. The molecule has 0 bridgehead atoms. The van der Waals surface area contributed by atoms with E-state index >= 15 is 0 Å². The number of nitro groups is 1. The number of aromatic nitrogens is 2. The first-order valence-electron chi connectivity index (χ1n) is 4.62. The Balaban J connectivity index is 3.24. The van der Waals surface area contributed by atoms with E-state index in [0.717, 1.165) is 0 Å². The van der Waals surface area contributed by atoms with E-state index in [1.54, 1.807) is 0 Å². The number of hydrogen-bond acceptors (Lipinski definition) is 4. The average molecular weight is 249 g/mol. The second-order valence-corrected chi connectivity index (χ2v) is 3.20. The molecule has 94 valence electrons. The molecule has 0 fully saturated rings. The predicted octanol–water partition coefficient (Wildman–Crippen LogP) is 1.76. The topological polar surface area (TPSA) is 98.3 Å². The fourth-order valence-electron chi connectivity index (χ4n) is 1.33. The van der Waals surface area contributed by atoms with Gasteiger partial charge in [-0.25, -0.2) is 13.6 Å². The molecule has 0 saturated carbocycles. The number of alkyl halides is 2. The first-order valence-corrected chi connectivity index (χ1v) is 4.62. The van der Waals surface area contributed by atoms with E-state index in [1.807, 2.05) is 0 Å². The van der Waals surface area contributed by atoms with Gasteiger partial charge in [0.05, 0.1) is 4.92 Å². The van der Waals surface area contributed by atoms with Gasteiger partial charge in [0.2, 0.25) is 5.69 Å². The van der Waals surface area contributed by atoms with Gasteiger partial charge in [-0.15, -0.1) is 0 Å². The molecule has 1 aromatic rings. The molecule has 1 N–H and O–H groups in total. The maximum atomic E-state index is 12.4. The predicted molar refractivity (Wildman–Crippen MR) is 50.8 cm³/mol. The first-order chi connectivity index (χ1) is 7.88. The number of carbonyl (C=O) groups is 1. The van der Waals surface area contributed by atoms with Crippen LogP contribution in [0.4, 0.5) is 14.5 Å². The molecule has 9 heteroatoms. The molecular formula is C8H9F2N3O4. The van der Waals surface area contributed by atoms with Crippen molar-refractivity contribution in [3.63, 3.8) is 0 Å². The highest BCUT2D eigenvalue weighted by atomic mass is 19.3.